The highest BCUT2D eigenvalue weighted by molar-refractivity contribution is 5.92. The molecule has 0 aliphatic rings. The van der Waals surface area contributed by atoms with Crippen LogP contribution in [0.1, 0.15) is 30.8 Å². The maximum absolute atomic E-state index is 11.2. The van der Waals surface area contributed by atoms with Crippen molar-refractivity contribution in [1.82, 2.24) is 20.0 Å². The molecule has 0 aliphatic heterocycles. The molecule has 7 heteroatoms. The average Bonchev–Trinajstić information content (AvgIpc) is 2.83. The zero-order valence-corrected chi connectivity index (χ0v) is 11.3. The zero-order chi connectivity index (χ0) is 14.8. The molecule has 2 aromatic rings. The van der Waals surface area contributed by atoms with Crippen molar-refractivity contribution in [3.05, 3.63) is 30.1 Å². The molecule has 1 atom stereocenters. The highest BCUT2D eigenvalue weighted by atomic mass is 16.4. The molecule has 0 radical (unpaired) electrons. The van der Waals surface area contributed by atoms with Gasteiger partial charge in [0.25, 0.3) is 0 Å². The van der Waals surface area contributed by atoms with E-state index in [0.717, 1.165) is 0 Å². The van der Waals surface area contributed by atoms with E-state index < -0.39 is 11.6 Å². The van der Waals surface area contributed by atoms with Gasteiger partial charge in [-0.2, -0.15) is 0 Å². The lowest BCUT2D eigenvalue weighted by atomic mass is 10.0. The third-order valence-electron chi connectivity index (χ3n) is 3.10. The van der Waals surface area contributed by atoms with E-state index in [1.807, 2.05) is 6.92 Å². The van der Waals surface area contributed by atoms with E-state index >= 15 is 0 Å². The van der Waals surface area contributed by atoms with Crippen LogP contribution < -0.4 is 0 Å². The third kappa shape index (κ3) is 2.83. The smallest absolute Gasteiger partial charge is 0.358 e. The summed E-state index contributed by atoms with van der Waals surface area (Å²) in [7, 11) is 0. The Balaban J connectivity index is 2.52. The summed E-state index contributed by atoms with van der Waals surface area (Å²) in [6.45, 7) is 3.66. The maximum Gasteiger partial charge on any atom is 0.358 e. The van der Waals surface area contributed by atoms with Crippen molar-refractivity contribution in [3.8, 4) is 11.4 Å². The Kier molecular flexibility index (Phi) is 3.80. The molecule has 2 heterocycles. The van der Waals surface area contributed by atoms with Gasteiger partial charge in [0.2, 0.25) is 0 Å². The number of carboxylic acids is 1. The van der Waals surface area contributed by atoms with Crippen LogP contribution in [0.4, 0.5) is 0 Å². The van der Waals surface area contributed by atoms with E-state index in [0.29, 0.717) is 17.8 Å². The van der Waals surface area contributed by atoms with Crippen LogP contribution in [0.3, 0.4) is 0 Å². The lowest BCUT2D eigenvalue weighted by Gasteiger charge is -2.21. The third-order valence-corrected chi connectivity index (χ3v) is 3.10. The van der Waals surface area contributed by atoms with Gasteiger partial charge >= 0.3 is 5.97 Å². The molecule has 2 rings (SSSR count). The van der Waals surface area contributed by atoms with Gasteiger partial charge in [0.15, 0.2) is 5.69 Å². The summed E-state index contributed by atoms with van der Waals surface area (Å²) in [6.07, 6.45) is 2.08. The van der Waals surface area contributed by atoms with Gasteiger partial charge in [0.05, 0.1) is 17.8 Å². The Hall–Kier alpha value is -2.28. The fraction of sp³-hybridized carbons (Fsp3) is 0.385. The van der Waals surface area contributed by atoms with Crippen LogP contribution in [0.25, 0.3) is 11.4 Å². The van der Waals surface area contributed by atoms with Crippen molar-refractivity contribution in [3.63, 3.8) is 0 Å². The first kappa shape index (κ1) is 14.1. The number of pyridine rings is 1. The Morgan fingerprint density at radius 1 is 1.45 bits per heavy atom. The summed E-state index contributed by atoms with van der Waals surface area (Å²) in [4.78, 5) is 15.4. The van der Waals surface area contributed by atoms with E-state index in [9.17, 15) is 15.0 Å². The SMILES string of the molecule is CCC(C)(O)Cn1nnc(C(=O)O)c1-c1ccccn1. The molecule has 1 unspecified atom stereocenters. The molecular formula is C13H16N4O3. The first-order valence-corrected chi connectivity index (χ1v) is 6.25. The van der Waals surface area contributed by atoms with Crippen LogP contribution in [0, 0.1) is 0 Å². The maximum atomic E-state index is 11.2. The van der Waals surface area contributed by atoms with Crippen molar-refractivity contribution < 1.29 is 15.0 Å². The molecule has 106 valence electrons. The summed E-state index contributed by atoms with van der Waals surface area (Å²) in [5, 5.41) is 26.8. The molecule has 20 heavy (non-hydrogen) atoms. The van der Waals surface area contributed by atoms with Crippen molar-refractivity contribution in [1.29, 1.82) is 0 Å². The van der Waals surface area contributed by atoms with Crippen LogP contribution >= 0.6 is 0 Å². The molecule has 0 saturated carbocycles. The van der Waals surface area contributed by atoms with Gasteiger partial charge in [-0.15, -0.1) is 5.10 Å². The molecule has 0 fully saturated rings. The van der Waals surface area contributed by atoms with E-state index in [4.69, 9.17) is 0 Å². The van der Waals surface area contributed by atoms with Crippen molar-refractivity contribution in [2.24, 2.45) is 0 Å². The standard InChI is InChI=1S/C13H16N4O3/c1-3-13(2,20)8-17-11(9-6-4-5-7-14-9)10(12(18)19)15-16-17/h4-7,20H,3,8H2,1-2H3,(H,18,19). The second kappa shape index (κ2) is 5.38. The number of carbonyl (C=O) groups is 1. The Bertz CT molecular complexity index is 607. The number of aliphatic hydroxyl groups is 1. The van der Waals surface area contributed by atoms with Crippen molar-refractivity contribution >= 4 is 5.97 Å². The zero-order valence-electron chi connectivity index (χ0n) is 11.3. The summed E-state index contributed by atoms with van der Waals surface area (Å²) < 4.78 is 1.38. The highest BCUT2D eigenvalue weighted by Gasteiger charge is 2.26. The molecule has 2 aromatic heterocycles. The second-order valence-corrected chi connectivity index (χ2v) is 4.81. The summed E-state index contributed by atoms with van der Waals surface area (Å²) >= 11 is 0. The van der Waals surface area contributed by atoms with Crippen molar-refractivity contribution in [2.75, 3.05) is 0 Å². The minimum atomic E-state index is -1.17. The van der Waals surface area contributed by atoms with E-state index in [1.165, 1.54) is 4.68 Å². The van der Waals surface area contributed by atoms with Crippen LogP contribution in [0.5, 0.6) is 0 Å². The number of carboxylic acid groups (broad SMARTS) is 1. The van der Waals surface area contributed by atoms with E-state index in [-0.39, 0.29) is 12.2 Å². The predicted octanol–water partition coefficient (Wildman–Crippen LogP) is 1.20. The summed E-state index contributed by atoms with van der Waals surface area (Å²) in [5.74, 6) is -1.17. The quantitative estimate of drug-likeness (QED) is 0.851. The van der Waals surface area contributed by atoms with E-state index in [2.05, 4.69) is 15.3 Å². The fourth-order valence-electron chi connectivity index (χ4n) is 1.76. The van der Waals surface area contributed by atoms with Crippen LogP contribution in [-0.4, -0.2) is 41.8 Å². The van der Waals surface area contributed by atoms with Gasteiger partial charge in [-0.05, 0) is 25.5 Å². The highest BCUT2D eigenvalue weighted by Crippen LogP contribution is 2.22. The first-order valence-electron chi connectivity index (χ1n) is 6.25. The molecule has 0 amide bonds. The molecule has 0 aromatic carbocycles. The monoisotopic (exact) mass is 276 g/mol. The fourth-order valence-corrected chi connectivity index (χ4v) is 1.76. The molecule has 2 N–H and O–H groups in total. The molecule has 0 bridgehead atoms. The number of nitrogens with zero attached hydrogens (tertiary/aromatic N) is 4. The molecule has 7 nitrogen and oxygen atoms in total. The second-order valence-electron chi connectivity index (χ2n) is 4.81. The van der Waals surface area contributed by atoms with Gasteiger partial charge in [-0.1, -0.05) is 18.2 Å². The minimum absolute atomic E-state index is 0.148. The first-order chi connectivity index (χ1) is 9.44. The van der Waals surface area contributed by atoms with Gasteiger partial charge in [-0.3, -0.25) is 4.98 Å². The van der Waals surface area contributed by atoms with Gasteiger partial charge in [0, 0.05) is 6.20 Å². The van der Waals surface area contributed by atoms with E-state index in [1.54, 1.807) is 31.3 Å². The molecule has 0 aliphatic carbocycles. The van der Waals surface area contributed by atoms with Gasteiger partial charge in [0.1, 0.15) is 5.69 Å². The van der Waals surface area contributed by atoms with Crippen LogP contribution in [-0.2, 0) is 6.54 Å². The molecule has 0 spiro atoms. The predicted molar refractivity (Wildman–Crippen MR) is 71.1 cm³/mol. The van der Waals surface area contributed by atoms with Gasteiger partial charge in [-0.25, -0.2) is 9.48 Å². The average molecular weight is 276 g/mol. The Labute approximate surface area is 115 Å². The number of aromatic carboxylic acids is 1. The number of aromatic nitrogens is 4. The lowest BCUT2D eigenvalue weighted by Crippen LogP contribution is -2.30. The number of hydrogen-bond acceptors (Lipinski definition) is 5. The minimum Gasteiger partial charge on any atom is -0.476 e. The number of rotatable bonds is 5. The van der Waals surface area contributed by atoms with Crippen molar-refractivity contribution in [2.45, 2.75) is 32.4 Å². The lowest BCUT2D eigenvalue weighted by molar-refractivity contribution is 0.0344. The van der Waals surface area contributed by atoms with Gasteiger partial charge < -0.3 is 10.2 Å². The topological polar surface area (TPSA) is 101 Å². The normalized spacial score (nSPS) is 13.9. The molecular weight excluding hydrogens is 260 g/mol. The molecule has 0 saturated heterocycles. The Morgan fingerprint density at radius 3 is 2.75 bits per heavy atom. The summed E-state index contributed by atoms with van der Waals surface area (Å²) in [5.41, 5.74) is -0.406. The Morgan fingerprint density at radius 2 is 2.20 bits per heavy atom. The summed E-state index contributed by atoms with van der Waals surface area (Å²) in [6, 6.07) is 5.17. The largest absolute Gasteiger partial charge is 0.476 e. The number of hydrogen-bond donors (Lipinski definition) is 2. The van der Waals surface area contributed by atoms with Crippen LogP contribution in [0.15, 0.2) is 24.4 Å². The van der Waals surface area contributed by atoms with Crippen LogP contribution in [0.2, 0.25) is 0 Å².